The van der Waals surface area contributed by atoms with E-state index in [2.05, 4.69) is 15.0 Å². The second kappa shape index (κ2) is 4.58. The maximum Gasteiger partial charge on any atom is 0.357 e. The van der Waals surface area contributed by atoms with E-state index in [0.29, 0.717) is 5.03 Å². The van der Waals surface area contributed by atoms with Gasteiger partial charge in [-0.05, 0) is 18.7 Å². The van der Waals surface area contributed by atoms with E-state index in [4.69, 9.17) is 5.11 Å². The molecule has 16 heavy (non-hydrogen) atoms. The summed E-state index contributed by atoms with van der Waals surface area (Å²) in [4.78, 5) is 22.9. The standard InChI is InChI=1S/C9H7N3O2S2/c1-5-4-15-9(12-5)16-7-6(8(13)14)10-2-3-11-7/h2-4H,1H3,(H,13,14). The Kier molecular flexibility index (Phi) is 3.16. The van der Waals surface area contributed by atoms with E-state index >= 15 is 0 Å². The first kappa shape index (κ1) is 11.0. The van der Waals surface area contributed by atoms with Gasteiger partial charge in [-0.25, -0.2) is 19.7 Å². The number of thiazole rings is 1. The molecule has 0 saturated heterocycles. The van der Waals surface area contributed by atoms with Gasteiger partial charge >= 0.3 is 5.97 Å². The fraction of sp³-hybridized carbons (Fsp3) is 0.111. The summed E-state index contributed by atoms with van der Waals surface area (Å²) < 4.78 is 0.764. The van der Waals surface area contributed by atoms with Crippen molar-refractivity contribution in [3.8, 4) is 0 Å². The van der Waals surface area contributed by atoms with E-state index in [1.807, 2.05) is 12.3 Å². The number of hydrogen-bond donors (Lipinski definition) is 1. The van der Waals surface area contributed by atoms with Gasteiger partial charge in [0.2, 0.25) is 0 Å². The average molecular weight is 253 g/mol. The lowest BCUT2D eigenvalue weighted by molar-refractivity contribution is 0.0685. The van der Waals surface area contributed by atoms with Crippen molar-refractivity contribution in [3.05, 3.63) is 29.2 Å². The number of carboxylic acid groups (broad SMARTS) is 1. The third-order valence-electron chi connectivity index (χ3n) is 1.65. The zero-order valence-electron chi connectivity index (χ0n) is 8.25. The minimum Gasteiger partial charge on any atom is -0.476 e. The van der Waals surface area contributed by atoms with Gasteiger partial charge in [0.1, 0.15) is 5.03 Å². The second-order valence-corrected chi connectivity index (χ2v) is 4.97. The van der Waals surface area contributed by atoms with E-state index in [9.17, 15) is 4.79 Å². The molecular formula is C9H7N3O2S2. The normalized spacial score (nSPS) is 10.3. The van der Waals surface area contributed by atoms with Gasteiger partial charge < -0.3 is 5.11 Å². The molecule has 0 atom stereocenters. The Morgan fingerprint density at radius 2 is 2.19 bits per heavy atom. The molecular weight excluding hydrogens is 246 g/mol. The highest BCUT2D eigenvalue weighted by Crippen LogP contribution is 2.30. The molecule has 0 aliphatic carbocycles. The molecule has 2 rings (SSSR count). The van der Waals surface area contributed by atoms with Crippen LogP contribution in [0.5, 0.6) is 0 Å². The van der Waals surface area contributed by atoms with Crippen LogP contribution < -0.4 is 0 Å². The highest BCUT2D eigenvalue weighted by molar-refractivity contribution is 8.01. The van der Waals surface area contributed by atoms with Gasteiger partial charge in [-0.2, -0.15) is 0 Å². The van der Waals surface area contributed by atoms with Gasteiger partial charge in [-0.1, -0.05) is 0 Å². The van der Waals surface area contributed by atoms with Crippen molar-refractivity contribution in [2.24, 2.45) is 0 Å². The molecule has 0 aromatic carbocycles. The molecule has 0 aliphatic rings. The minimum atomic E-state index is -1.08. The van der Waals surface area contributed by atoms with Crippen LogP contribution in [0.25, 0.3) is 0 Å². The number of aryl methyl sites for hydroxylation is 1. The molecule has 5 nitrogen and oxygen atoms in total. The predicted octanol–water partition coefficient (Wildman–Crippen LogP) is 2.09. The van der Waals surface area contributed by atoms with Crippen molar-refractivity contribution in [1.82, 2.24) is 15.0 Å². The first-order chi connectivity index (χ1) is 7.66. The van der Waals surface area contributed by atoms with Crippen molar-refractivity contribution in [3.63, 3.8) is 0 Å². The Labute approximate surface area is 99.6 Å². The van der Waals surface area contributed by atoms with Gasteiger partial charge in [0, 0.05) is 23.5 Å². The number of rotatable bonds is 3. The highest BCUT2D eigenvalue weighted by Gasteiger charge is 2.14. The maximum absolute atomic E-state index is 10.9. The number of carboxylic acids is 1. The van der Waals surface area contributed by atoms with Gasteiger partial charge in [0.05, 0.1) is 0 Å². The molecule has 0 saturated carbocycles. The lowest BCUT2D eigenvalue weighted by Gasteiger charge is -1.99. The predicted molar refractivity (Wildman–Crippen MR) is 60.0 cm³/mol. The molecule has 0 unspecified atom stereocenters. The van der Waals surface area contributed by atoms with Crippen molar-refractivity contribution < 1.29 is 9.90 Å². The SMILES string of the molecule is Cc1csc(Sc2nccnc2C(=O)O)n1. The smallest absolute Gasteiger partial charge is 0.357 e. The summed E-state index contributed by atoms with van der Waals surface area (Å²) in [7, 11) is 0. The Balaban J connectivity index is 2.31. The molecule has 2 aromatic rings. The third kappa shape index (κ3) is 2.37. The Bertz CT molecular complexity index is 527. The highest BCUT2D eigenvalue weighted by atomic mass is 32.2. The number of hydrogen-bond acceptors (Lipinski definition) is 6. The van der Waals surface area contributed by atoms with E-state index in [1.165, 1.54) is 35.5 Å². The molecule has 2 aromatic heterocycles. The topological polar surface area (TPSA) is 76.0 Å². The van der Waals surface area contributed by atoms with Crippen LogP contribution in [0.1, 0.15) is 16.2 Å². The van der Waals surface area contributed by atoms with Crippen LogP contribution in [0.15, 0.2) is 27.1 Å². The van der Waals surface area contributed by atoms with Crippen molar-refractivity contribution in [2.75, 3.05) is 0 Å². The monoisotopic (exact) mass is 253 g/mol. The number of nitrogens with zero attached hydrogens (tertiary/aromatic N) is 3. The zero-order chi connectivity index (χ0) is 11.5. The molecule has 1 N–H and O–H groups in total. The van der Waals surface area contributed by atoms with Crippen LogP contribution in [0, 0.1) is 6.92 Å². The summed E-state index contributed by atoms with van der Waals surface area (Å²) in [5, 5.41) is 11.2. The zero-order valence-corrected chi connectivity index (χ0v) is 9.88. The molecule has 7 heteroatoms. The van der Waals surface area contributed by atoms with Crippen LogP contribution in [-0.4, -0.2) is 26.0 Å². The quantitative estimate of drug-likeness (QED) is 0.902. The average Bonchev–Trinajstić information content (AvgIpc) is 2.64. The van der Waals surface area contributed by atoms with Crippen molar-refractivity contribution >= 4 is 29.1 Å². The first-order valence-corrected chi connectivity index (χ1v) is 6.00. The summed E-state index contributed by atoms with van der Waals surface area (Å²) in [6.45, 7) is 1.88. The molecule has 0 spiro atoms. The van der Waals surface area contributed by atoms with Crippen LogP contribution in [0.2, 0.25) is 0 Å². The lowest BCUT2D eigenvalue weighted by atomic mass is 10.5. The van der Waals surface area contributed by atoms with Gasteiger partial charge in [0.15, 0.2) is 10.0 Å². The lowest BCUT2D eigenvalue weighted by Crippen LogP contribution is -2.03. The molecule has 0 radical (unpaired) electrons. The Morgan fingerprint density at radius 1 is 1.44 bits per heavy atom. The molecule has 0 fully saturated rings. The summed E-state index contributed by atoms with van der Waals surface area (Å²) in [6, 6.07) is 0. The largest absolute Gasteiger partial charge is 0.476 e. The second-order valence-electron chi connectivity index (χ2n) is 2.87. The van der Waals surface area contributed by atoms with E-state index in [0.717, 1.165) is 10.0 Å². The van der Waals surface area contributed by atoms with Crippen molar-refractivity contribution in [1.29, 1.82) is 0 Å². The number of aromatic carboxylic acids is 1. The van der Waals surface area contributed by atoms with Crippen molar-refractivity contribution in [2.45, 2.75) is 16.3 Å². The Morgan fingerprint density at radius 3 is 2.81 bits per heavy atom. The molecule has 82 valence electrons. The first-order valence-electron chi connectivity index (χ1n) is 4.31. The number of carbonyl (C=O) groups is 1. The maximum atomic E-state index is 10.9. The summed E-state index contributed by atoms with van der Waals surface area (Å²) in [6.07, 6.45) is 2.83. The minimum absolute atomic E-state index is 0.0413. The van der Waals surface area contributed by atoms with Gasteiger partial charge in [-0.3, -0.25) is 0 Å². The summed E-state index contributed by atoms with van der Waals surface area (Å²) in [5.41, 5.74) is 0.869. The van der Waals surface area contributed by atoms with E-state index < -0.39 is 5.97 Å². The summed E-state index contributed by atoms with van der Waals surface area (Å²) >= 11 is 2.67. The van der Waals surface area contributed by atoms with Crippen LogP contribution in [0.3, 0.4) is 0 Å². The fourth-order valence-corrected chi connectivity index (χ4v) is 2.81. The third-order valence-corrected chi connectivity index (χ3v) is 3.70. The van der Waals surface area contributed by atoms with Gasteiger partial charge in [-0.15, -0.1) is 11.3 Å². The van der Waals surface area contributed by atoms with Gasteiger partial charge in [0.25, 0.3) is 0 Å². The van der Waals surface area contributed by atoms with E-state index in [1.54, 1.807) is 0 Å². The molecule has 0 bridgehead atoms. The molecule has 2 heterocycles. The molecule has 0 aliphatic heterocycles. The number of aromatic nitrogens is 3. The van der Waals surface area contributed by atoms with Crippen LogP contribution >= 0.6 is 23.1 Å². The Hall–Kier alpha value is -1.47. The van der Waals surface area contributed by atoms with Crippen LogP contribution in [0.4, 0.5) is 0 Å². The molecule has 0 amide bonds. The summed E-state index contributed by atoms with van der Waals surface area (Å²) in [5.74, 6) is -1.08. The van der Waals surface area contributed by atoms with E-state index in [-0.39, 0.29) is 5.69 Å². The fourth-order valence-electron chi connectivity index (χ4n) is 1.01. The van der Waals surface area contributed by atoms with Crippen LogP contribution in [-0.2, 0) is 0 Å².